The summed E-state index contributed by atoms with van der Waals surface area (Å²) in [5, 5.41) is 3.38. The van der Waals surface area contributed by atoms with Crippen LogP contribution < -0.4 is 5.32 Å². The van der Waals surface area contributed by atoms with E-state index in [9.17, 15) is 4.79 Å². The number of carbonyl (C=O) groups is 1. The van der Waals surface area contributed by atoms with E-state index in [0.29, 0.717) is 11.9 Å². The second-order valence-corrected chi connectivity index (χ2v) is 6.33. The van der Waals surface area contributed by atoms with E-state index in [1.807, 2.05) is 0 Å². The van der Waals surface area contributed by atoms with Crippen LogP contribution in [0.5, 0.6) is 0 Å². The molecule has 3 atom stereocenters. The van der Waals surface area contributed by atoms with Crippen LogP contribution in [0, 0.1) is 11.8 Å². The third-order valence-electron chi connectivity index (χ3n) is 5.17. The molecule has 0 spiro atoms. The van der Waals surface area contributed by atoms with E-state index in [0.717, 1.165) is 32.0 Å². The average Bonchev–Trinajstić information content (AvgIpc) is 2.47. The van der Waals surface area contributed by atoms with E-state index in [1.165, 1.54) is 44.9 Å². The van der Waals surface area contributed by atoms with Crippen LogP contribution in [0.1, 0.15) is 51.4 Å². The van der Waals surface area contributed by atoms with E-state index in [1.54, 1.807) is 0 Å². The Bertz CT molecular complexity index is 297. The monoisotopic (exact) mass is 250 g/mol. The number of fused-ring (bicyclic) bond motifs is 1. The molecule has 3 nitrogen and oxygen atoms in total. The molecule has 0 bridgehead atoms. The van der Waals surface area contributed by atoms with Gasteiger partial charge in [-0.05, 0) is 51.0 Å². The summed E-state index contributed by atoms with van der Waals surface area (Å²) in [6.07, 6.45) is 10.2. The van der Waals surface area contributed by atoms with E-state index < -0.39 is 0 Å². The highest BCUT2D eigenvalue weighted by Crippen LogP contribution is 2.36. The molecule has 1 aliphatic carbocycles. The number of hydrogen-bond acceptors (Lipinski definition) is 2. The molecule has 0 radical (unpaired) electrons. The van der Waals surface area contributed by atoms with Crippen molar-refractivity contribution in [1.82, 2.24) is 10.2 Å². The molecular formula is C15H26N2O. The third kappa shape index (κ3) is 2.42. The molecule has 3 fully saturated rings. The number of amides is 1. The molecule has 2 saturated heterocycles. The maximum atomic E-state index is 12.7. The topological polar surface area (TPSA) is 32.3 Å². The molecule has 18 heavy (non-hydrogen) atoms. The molecule has 102 valence electrons. The third-order valence-corrected chi connectivity index (χ3v) is 5.17. The van der Waals surface area contributed by atoms with Gasteiger partial charge in [-0.1, -0.05) is 12.8 Å². The van der Waals surface area contributed by atoms with E-state index in [4.69, 9.17) is 0 Å². The first-order valence-electron chi connectivity index (χ1n) is 7.87. The number of piperidine rings is 2. The molecule has 1 saturated carbocycles. The first kappa shape index (κ1) is 12.5. The fourth-order valence-electron chi connectivity index (χ4n) is 4.20. The van der Waals surface area contributed by atoms with Gasteiger partial charge in [-0.25, -0.2) is 0 Å². The van der Waals surface area contributed by atoms with Gasteiger partial charge in [-0.3, -0.25) is 4.79 Å². The van der Waals surface area contributed by atoms with Gasteiger partial charge in [0.05, 0.1) is 5.92 Å². The van der Waals surface area contributed by atoms with E-state index in [2.05, 4.69) is 10.2 Å². The van der Waals surface area contributed by atoms with Crippen molar-refractivity contribution in [3.8, 4) is 0 Å². The number of carbonyl (C=O) groups excluding carboxylic acids is 1. The van der Waals surface area contributed by atoms with Gasteiger partial charge >= 0.3 is 0 Å². The Kier molecular flexibility index (Phi) is 3.88. The lowest BCUT2D eigenvalue weighted by Gasteiger charge is -2.45. The number of hydrogen-bond donors (Lipinski definition) is 1. The van der Waals surface area contributed by atoms with Crippen molar-refractivity contribution in [1.29, 1.82) is 0 Å². The molecule has 2 unspecified atom stereocenters. The zero-order valence-electron chi connectivity index (χ0n) is 11.4. The second kappa shape index (κ2) is 5.60. The fraction of sp³-hybridized carbons (Fsp3) is 0.933. The maximum Gasteiger partial charge on any atom is 0.227 e. The highest BCUT2D eigenvalue weighted by molar-refractivity contribution is 5.79. The predicted molar refractivity (Wildman–Crippen MR) is 72.3 cm³/mol. The summed E-state index contributed by atoms with van der Waals surface area (Å²) in [5.74, 6) is 1.53. The summed E-state index contributed by atoms with van der Waals surface area (Å²) >= 11 is 0. The van der Waals surface area contributed by atoms with Crippen LogP contribution in [0.25, 0.3) is 0 Å². The first-order chi connectivity index (χ1) is 8.86. The van der Waals surface area contributed by atoms with Crippen molar-refractivity contribution in [2.75, 3.05) is 19.6 Å². The minimum atomic E-state index is 0.263. The van der Waals surface area contributed by atoms with Gasteiger partial charge in [0, 0.05) is 19.1 Å². The molecule has 3 aliphatic rings. The van der Waals surface area contributed by atoms with Crippen LogP contribution in [0.3, 0.4) is 0 Å². The van der Waals surface area contributed by atoms with Gasteiger partial charge < -0.3 is 10.2 Å². The number of likely N-dealkylation sites (tertiary alicyclic amines) is 1. The Morgan fingerprint density at radius 1 is 1.00 bits per heavy atom. The normalized spacial score (nSPS) is 37.1. The Morgan fingerprint density at radius 2 is 1.83 bits per heavy atom. The van der Waals surface area contributed by atoms with Crippen LogP contribution in [-0.4, -0.2) is 36.5 Å². The lowest BCUT2D eigenvalue weighted by Crippen LogP contribution is -2.53. The summed E-state index contributed by atoms with van der Waals surface area (Å²) in [7, 11) is 0. The van der Waals surface area contributed by atoms with E-state index in [-0.39, 0.29) is 5.92 Å². The van der Waals surface area contributed by atoms with Crippen molar-refractivity contribution in [2.45, 2.75) is 57.4 Å². The standard InChI is InChI=1S/C15H26N2O/c18-15(13-6-3-9-16-11-13)17-10-4-7-12-5-1-2-8-14(12)17/h12-14,16H,1-11H2/t12?,13-,14?/m1/s1. The van der Waals surface area contributed by atoms with Gasteiger partial charge in [0.15, 0.2) is 0 Å². The molecule has 1 amide bonds. The van der Waals surface area contributed by atoms with Crippen LogP contribution >= 0.6 is 0 Å². The largest absolute Gasteiger partial charge is 0.339 e. The molecule has 3 heteroatoms. The molecular weight excluding hydrogens is 224 g/mol. The van der Waals surface area contributed by atoms with Crippen molar-refractivity contribution in [3.05, 3.63) is 0 Å². The lowest BCUT2D eigenvalue weighted by molar-refractivity contribution is -0.142. The molecule has 3 rings (SSSR count). The van der Waals surface area contributed by atoms with Crippen molar-refractivity contribution < 1.29 is 4.79 Å². The summed E-state index contributed by atoms with van der Waals surface area (Å²) in [5.41, 5.74) is 0. The van der Waals surface area contributed by atoms with Crippen molar-refractivity contribution >= 4 is 5.91 Å². The van der Waals surface area contributed by atoms with Crippen molar-refractivity contribution in [2.24, 2.45) is 11.8 Å². The average molecular weight is 250 g/mol. The Labute approximate surface area is 110 Å². The van der Waals surface area contributed by atoms with Crippen LogP contribution in [0.15, 0.2) is 0 Å². The number of nitrogens with one attached hydrogen (secondary N) is 1. The van der Waals surface area contributed by atoms with E-state index >= 15 is 0 Å². The zero-order chi connectivity index (χ0) is 12.4. The summed E-state index contributed by atoms with van der Waals surface area (Å²) in [6.45, 7) is 3.03. The Hall–Kier alpha value is -0.570. The van der Waals surface area contributed by atoms with Crippen LogP contribution in [0.4, 0.5) is 0 Å². The minimum absolute atomic E-state index is 0.263. The van der Waals surface area contributed by atoms with Gasteiger partial charge in [0.25, 0.3) is 0 Å². The molecule has 0 aromatic rings. The highest BCUT2D eigenvalue weighted by atomic mass is 16.2. The van der Waals surface area contributed by atoms with Gasteiger partial charge in [-0.15, -0.1) is 0 Å². The summed E-state index contributed by atoms with van der Waals surface area (Å²) in [6, 6.07) is 0.585. The molecule has 2 heterocycles. The fourth-order valence-corrected chi connectivity index (χ4v) is 4.20. The lowest BCUT2D eigenvalue weighted by atomic mass is 9.77. The van der Waals surface area contributed by atoms with Crippen LogP contribution in [0.2, 0.25) is 0 Å². The Balaban J connectivity index is 1.67. The molecule has 0 aromatic heterocycles. The zero-order valence-corrected chi connectivity index (χ0v) is 11.4. The van der Waals surface area contributed by atoms with Gasteiger partial charge in [0.1, 0.15) is 0 Å². The highest BCUT2D eigenvalue weighted by Gasteiger charge is 2.37. The predicted octanol–water partition coefficient (Wildman–Crippen LogP) is 2.17. The summed E-state index contributed by atoms with van der Waals surface area (Å²) < 4.78 is 0. The molecule has 0 aromatic carbocycles. The first-order valence-corrected chi connectivity index (χ1v) is 7.87. The number of rotatable bonds is 1. The molecule has 1 N–H and O–H groups in total. The Morgan fingerprint density at radius 3 is 2.67 bits per heavy atom. The second-order valence-electron chi connectivity index (χ2n) is 6.33. The van der Waals surface area contributed by atoms with Gasteiger partial charge in [0.2, 0.25) is 5.91 Å². The van der Waals surface area contributed by atoms with Crippen molar-refractivity contribution in [3.63, 3.8) is 0 Å². The van der Waals surface area contributed by atoms with Gasteiger partial charge in [-0.2, -0.15) is 0 Å². The number of nitrogens with zero attached hydrogens (tertiary/aromatic N) is 1. The quantitative estimate of drug-likeness (QED) is 0.773. The SMILES string of the molecule is O=C([C@@H]1CCCNC1)N1CCCC2CCCCC21. The minimum Gasteiger partial charge on any atom is -0.339 e. The van der Waals surface area contributed by atoms with Crippen LogP contribution in [-0.2, 0) is 4.79 Å². The maximum absolute atomic E-state index is 12.7. The summed E-state index contributed by atoms with van der Waals surface area (Å²) in [4.78, 5) is 15.0. The smallest absolute Gasteiger partial charge is 0.227 e. The molecule has 2 aliphatic heterocycles.